The smallest absolute Gasteiger partial charge is 0.271 e. The highest BCUT2D eigenvalue weighted by atomic mass is 16.2. The van der Waals surface area contributed by atoms with E-state index < -0.39 is 5.54 Å². The van der Waals surface area contributed by atoms with Crippen LogP contribution in [-0.4, -0.2) is 33.9 Å². The number of aryl methyl sites for hydroxylation is 1. The second kappa shape index (κ2) is 10.5. The molecule has 1 saturated carbocycles. The van der Waals surface area contributed by atoms with Crippen molar-refractivity contribution in [1.82, 2.24) is 14.8 Å². The number of rotatable bonds is 7. The van der Waals surface area contributed by atoms with Gasteiger partial charge in [-0.3, -0.25) is 9.59 Å². The molecule has 0 saturated heterocycles. The molecule has 38 heavy (non-hydrogen) atoms. The van der Waals surface area contributed by atoms with Gasteiger partial charge < -0.3 is 14.8 Å². The Morgan fingerprint density at radius 3 is 2.32 bits per heavy atom. The Kier molecular flexibility index (Phi) is 6.75. The number of hydrogen-bond donors (Lipinski definition) is 1. The van der Waals surface area contributed by atoms with Crippen molar-refractivity contribution in [3.63, 3.8) is 0 Å². The monoisotopic (exact) mass is 505 g/mol. The van der Waals surface area contributed by atoms with E-state index in [1.807, 2.05) is 83.8 Å². The Morgan fingerprint density at radius 2 is 1.55 bits per heavy atom. The fraction of sp³-hybridized carbons (Fsp3) is 0.333. The molecule has 2 heterocycles. The van der Waals surface area contributed by atoms with Gasteiger partial charge in [0.25, 0.3) is 11.8 Å². The number of para-hydroxylation sites is 1. The summed E-state index contributed by atoms with van der Waals surface area (Å²) in [4.78, 5) is 30.7. The van der Waals surface area contributed by atoms with Crippen molar-refractivity contribution in [2.24, 2.45) is 0 Å². The van der Waals surface area contributed by atoms with Crippen LogP contribution in [0.1, 0.15) is 60.1 Å². The van der Waals surface area contributed by atoms with Gasteiger partial charge in [0.15, 0.2) is 5.54 Å². The Hall–Kier alpha value is -3.86. The Morgan fingerprint density at radius 1 is 0.868 bits per heavy atom. The fourth-order valence-corrected chi connectivity index (χ4v) is 6.40. The molecular weight excluding hydrogens is 470 g/mol. The third-order valence-electron chi connectivity index (χ3n) is 8.38. The molecule has 0 spiro atoms. The normalized spacial score (nSPS) is 19.9. The van der Waals surface area contributed by atoms with E-state index in [1.165, 1.54) is 12.0 Å². The second-order valence-electron chi connectivity index (χ2n) is 10.8. The summed E-state index contributed by atoms with van der Waals surface area (Å²) in [5.41, 5.74) is 2.63. The molecule has 1 fully saturated rings. The summed E-state index contributed by atoms with van der Waals surface area (Å²) in [5.74, 6) is -0.143. The zero-order valence-corrected chi connectivity index (χ0v) is 21.8. The maximum Gasteiger partial charge on any atom is 0.271 e. The number of carbonyl (C=O) groups is 2. The van der Waals surface area contributed by atoms with E-state index >= 15 is 0 Å². The van der Waals surface area contributed by atoms with Crippen molar-refractivity contribution < 1.29 is 9.59 Å². The first-order valence-electron chi connectivity index (χ1n) is 14.0. The molecule has 0 bridgehead atoms. The first-order chi connectivity index (χ1) is 18.7. The van der Waals surface area contributed by atoms with Crippen LogP contribution >= 0.6 is 0 Å². The lowest BCUT2D eigenvalue weighted by atomic mass is 9.83. The van der Waals surface area contributed by atoms with Crippen LogP contribution in [0.15, 0.2) is 91.0 Å². The van der Waals surface area contributed by atoms with Gasteiger partial charge in [0.05, 0.1) is 6.54 Å². The lowest BCUT2D eigenvalue weighted by Gasteiger charge is -2.47. The molecule has 2 aliphatic rings. The number of fused-ring (bicyclic) bond motifs is 3. The molecule has 2 amide bonds. The summed E-state index contributed by atoms with van der Waals surface area (Å²) >= 11 is 0. The van der Waals surface area contributed by atoms with Gasteiger partial charge in [-0.2, -0.15) is 0 Å². The number of benzene rings is 3. The summed E-state index contributed by atoms with van der Waals surface area (Å²) in [5, 5.41) is 4.44. The van der Waals surface area contributed by atoms with Crippen LogP contribution in [0.5, 0.6) is 0 Å². The van der Waals surface area contributed by atoms with Gasteiger partial charge in [-0.15, -0.1) is 0 Å². The van der Waals surface area contributed by atoms with E-state index in [-0.39, 0.29) is 17.9 Å². The van der Waals surface area contributed by atoms with Crippen molar-refractivity contribution in [3.05, 3.63) is 108 Å². The van der Waals surface area contributed by atoms with Crippen molar-refractivity contribution >= 4 is 22.7 Å². The van der Waals surface area contributed by atoms with Crippen LogP contribution in [-0.2, 0) is 23.3 Å². The molecule has 4 aromatic rings. The van der Waals surface area contributed by atoms with E-state index in [0.717, 1.165) is 55.0 Å². The number of nitrogens with one attached hydrogen (secondary N) is 1. The van der Waals surface area contributed by atoms with Gasteiger partial charge in [0.1, 0.15) is 5.69 Å². The average molecular weight is 506 g/mol. The molecule has 1 atom stereocenters. The third kappa shape index (κ3) is 4.40. The van der Waals surface area contributed by atoms with Crippen molar-refractivity contribution in [2.45, 2.75) is 63.1 Å². The minimum atomic E-state index is -1.12. The number of nitrogens with zero attached hydrogens (tertiary/aromatic N) is 2. The molecule has 194 valence electrons. The zero-order valence-electron chi connectivity index (χ0n) is 21.8. The fourth-order valence-electron chi connectivity index (χ4n) is 6.40. The first-order valence-corrected chi connectivity index (χ1v) is 14.0. The number of carbonyl (C=O) groups excluding carboxylic acids is 2. The topological polar surface area (TPSA) is 54.3 Å². The predicted octanol–water partition coefficient (Wildman–Crippen LogP) is 6.07. The molecule has 1 aliphatic carbocycles. The largest absolute Gasteiger partial charge is 0.351 e. The lowest BCUT2D eigenvalue weighted by Crippen LogP contribution is -2.64. The Balaban J connectivity index is 1.44. The highest BCUT2D eigenvalue weighted by Crippen LogP contribution is 2.40. The molecule has 0 radical (unpaired) electrons. The predicted molar refractivity (Wildman–Crippen MR) is 151 cm³/mol. The first kappa shape index (κ1) is 24.5. The number of aromatic nitrogens is 1. The summed E-state index contributed by atoms with van der Waals surface area (Å²) in [6.45, 7) is 0.901. The Bertz CT molecular complexity index is 1420. The summed E-state index contributed by atoms with van der Waals surface area (Å²) in [7, 11) is 0. The average Bonchev–Trinajstić information content (AvgIpc) is 3.34. The van der Waals surface area contributed by atoms with Crippen LogP contribution in [0.25, 0.3) is 10.9 Å². The van der Waals surface area contributed by atoms with Gasteiger partial charge in [-0.1, -0.05) is 98.1 Å². The maximum absolute atomic E-state index is 14.5. The summed E-state index contributed by atoms with van der Waals surface area (Å²) in [6.07, 6.45) is 7.11. The molecule has 6 rings (SSSR count). The van der Waals surface area contributed by atoms with Gasteiger partial charge in [-0.05, 0) is 48.9 Å². The van der Waals surface area contributed by atoms with E-state index in [9.17, 15) is 9.59 Å². The molecule has 3 aromatic carbocycles. The zero-order chi connectivity index (χ0) is 26.0. The second-order valence-corrected chi connectivity index (χ2v) is 10.8. The minimum Gasteiger partial charge on any atom is -0.351 e. The van der Waals surface area contributed by atoms with E-state index in [4.69, 9.17) is 0 Å². The third-order valence-corrected chi connectivity index (χ3v) is 8.38. The summed E-state index contributed by atoms with van der Waals surface area (Å²) in [6, 6.07) is 30.5. The standard InChI is InChI=1S/C33H35N3O2/c37-31-30-23-26-16-10-11-21-29(26)35(30)24-33(27-17-6-2-7-18-27,32(38)34-28-19-8-3-9-20-28)36(31)22-12-15-25-13-4-1-5-14-25/h1-2,4-7,10-11,13-14,16-18,21,23,28H,3,8-9,12,15,19-20,22,24H2,(H,34,38). The van der Waals surface area contributed by atoms with E-state index in [2.05, 4.69) is 22.0 Å². The lowest BCUT2D eigenvalue weighted by molar-refractivity contribution is -0.135. The van der Waals surface area contributed by atoms with Gasteiger partial charge in [0.2, 0.25) is 0 Å². The summed E-state index contributed by atoms with van der Waals surface area (Å²) < 4.78 is 2.07. The Labute approximate surface area is 224 Å². The van der Waals surface area contributed by atoms with Crippen molar-refractivity contribution in [2.75, 3.05) is 6.54 Å². The van der Waals surface area contributed by atoms with Gasteiger partial charge >= 0.3 is 0 Å². The van der Waals surface area contributed by atoms with E-state index in [0.29, 0.717) is 18.8 Å². The van der Waals surface area contributed by atoms with E-state index in [1.54, 1.807) is 0 Å². The highest BCUT2D eigenvalue weighted by Gasteiger charge is 2.52. The SMILES string of the molecule is O=C1c2cc3ccccc3n2CC(C(=O)NC2CCCCC2)(c2ccccc2)N1CCCc1ccccc1. The van der Waals surface area contributed by atoms with Gasteiger partial charge in [-0.25, -0.2) is 0 Å². The van der Waals surface area contributed by atoms with Crippen LogP contribution in [0.3, 0.4) is 0 Å². The van der Waals surface area contributed by atoms with Crippen LogP contribution in [0.4, 0.5) is 0 Å². The molecular formula is C33H35N3O2. The van der Waals surface area contributed by atoms with Crippen LogP contribution in [0.2, 0.25) is 0 Å². The van der Waals surface area contributed by atoms with Gasteiger partial charge in [0, 0.05) is 23.5 Å². The molecule has 5 nitrogen and oxygen atoms in total. The maximum atomic E-state index is 14.5. The van der Waals surface area contributed by atoms with Crippen molar-refractivity contribution in [1.29, 1.82) is 0 Å². The highest BCUT2D eigenvalue weighted by molar-refractivity contribution is 6.04. The quantitative estimate of drug-likeness (QED) is 0.331. The molecule has 1 N–H and O–H groups in total. The van der Waals surface area contributed by atoms with Crippen LogP contribution < -0.4 is 5.32 Å². The molecule has 1 unspecified atom stereocenters. The molecule has 5 heteroatoms. The minimum absolute atomic E-state index is 0.0629. The van der Waals surface area contributed by atoms with Crippen molar-refractivity contribution in [3.8, 4) is 0 Å². The molecule has 1 aromatic heterocycles. The van der Waals surface area contributed by atoms with Crippen LogP contribution in [0, 0.1) is 0 Å². The number of hydrogen-bond acceptors (Lipinski definition) is 2. The number of amides is 2. The molecule has 1 aliphatic heterocycles.